The van der Waals surface area contributed by atoms with E-state index in [0.717, 1.165) is 27.8 Å². The summed E-state index contributed by atoms with van der Waals surface area (Å²) in [4.78, 5) is 7.74. The van der Waals surface area contributed by atoms with Gasteiger partial charge in [0.1, 0.15) is 11.4 Å². The molecule has 0 saturated carbocycles. The highest BCUT2D eigenvalue weighted by atomic mass is 16.3. The van der Waals surface area contributed by atoms with Crippen molar-refractivity contribution in [1.82, 2.24) is 35.2 Å². The van der Waals surface area contributed by atoms with Gasteiger partial charge in [0.25, 0.3) is 0 Å². The van der Waals surface area contributed by atoms with E-state index in [2.05, 4.69) is 30.5 Å². The highest BCUT2D eigenvalue weighted by molar-refractivity contribution is 5.82. The molecule has 0 unspecified atom stereocenters. The number of imidazole rings is 1. The second kappa shape index (κ2) is 6.32. The van der Waals surface area contributed by atoms with E-state index >= 15 is 0 Å². The van der Waals surface area contributed by atoms with E-state index in [1.807, 2.05) is 42.5 Å². The molecule has 0 aliphatic carbocycles. The van der Waals surface area contributed by atoms with E-state index in [9.17, 15) is 5.11 Å². The third-order valence-corrected chi connectivity index (χ3v) is 4.59. The average molecular weight is 372 g/mol. The number of hydrogen-bond donors (Lipinski definition) is 4. The standard InChI is InChI=1S/C19H16N8O/c20-10-11-1-6-14-15(9-11)23-19(22-14)17-18(28)16(24-25-17)12-2-4-13(5-3-12)27-8-7-21-26-27/h1-9,28H,10,20H2,(H,22,23)(H,24,25). The van der Waals surface area contributed by atoms with Gasteiger partial charge >= 0.3 is 0 Å². The summed E-state index contributed by atoms with van der Waals surface area (Å²) < 4.78 is 1.66. The van der Waals surface area contributed by atoms with Crippen LogP contribution in [0.4, 0.5) is 0 Å². The molecule has 0 saturated heterocycles. The molecule has 3 heterocycles. The number of aromatic amines is 2. The Morgan fingerprint density at radius 2 is 1.96 bits per heavy atom. The Hall–Kier alpha value is -3.98. The van der Waals surface area contributed by atoms with E-state index in [1.165, 1.54) is 0 Å². The Bertz CT molecular complexity index is 1250. The molecule has 2 aromatic carbocycles. The first-order valence-corrected chi connectivity index (χ1v) is 8.66. The molecule has 0 spiro atoms. The second-order valence-corrected chi connectivity index (χ2v) is 6.33. The van der Waals surface area contributed by atoms with E-state index in [1.54, 1.807) is 17.1 Å². The van der Waals surface area contributed by atoms with Crippen LogP contribution in [-0.2, 0) is 6.54 Å². The van der Waals surface area contributed by atoms with Gasteiger partial charge in [0.2, 0.25) is 0 Å². The highest BCUT2D eigenvalue weighted by Crippen LogP contribution is 2.35. The molecule has 0 atom stereocenters. The van der Waals surface area contributed by atoms with Crippen molar-refractivity contribution < 1.29 is 5.11 Å². The van der Waals surface area contributed by atoms with E-state index in [-0.39, 0.29) is 5.75 Å². The van der Waals surface area contributed by atoms with Crippen molar-refractivity contribution in [1.29, 1.82) is 0 Å². The first-order chi connectivity index (χ1) is 13.7. The van der Waals surface area contributed by atoms with Crippen molar-refractivity contribution in [2.45, 2.75) is 6.54 Å². The molecule has 9 heteroatoms. The Morgan fingerprint density at radius 3 is 2.71 bits per heavy atom. The summed E-state index contributed by atoms with van der Waals surface area (Å²) in [6.45, 7) is 0.447. The van der Waals surface area contributed by atoms with Gasteiger partial charge in [-0.2, -0.15) is 5.10 Å². The normalized spacial score (nSPS) is 11.3. The van der Waals surface area contributed by atoms with Gasteiger partial charge in [-0.1, -0.05) is 23.4 Å². The summed E-state index contributed by atoms with van der Waals surface area (Å²) in [5.41, 5.74) is 10.8. The third kappa shape index (κ3) is 2.61. The Balaban J connectivity index is 1.51. The van der Waals surface area contributed by atoms with Crippen LogP contribution in [0.25, 0.3) is 39.5 Å². The summed E-state index contributed by atoms with van der Waals surface area (Å²) in [5.74, 6) is 0.547. The number of nitrogens with two attached hydrogens (primary N) is 1. The van der Waals surface area contributed by atoms with Gasteiger partial charge in [-0.25, -0.2) is 9.67 Å². The zero-order chi connectivity index (χ0) is 19.1. The lowest BCUT2D eigenvalue weighted by Crippen LogP contribution is -1.95. The minimum absolute atomic E-state index is 0.0339. The SMILES string of the molecule is NCc1ccc2[nH]c(-c3[nH]nc(-c4ccc(-n5ccnn5)cc4)c3O)nc2c1. The minimum Gasteiger partial charge on any atom is -0.504 e. The lowest BCUT2D eigenvalue weighted by Gasteiger charge is -2.02. The number of rotatable bonds is 4. The second-order valence-electron chi connectivity index (χ2n) is 6.33. The zero-order valence-corrected chi connectivity index (χ0v) is 14.7. The predicted octanol–water partition coefficient (Wildman–Crippen LogP) is 2.37. The molecule has 138 valence electrons. The van der Waals surface area contributed by atoms with Crippen molar-refractivity contribution in [2.75, 3.05) is 0 Å². The van der Waals surface area contributed by atoms with Crippen molar-refractivity contribution in [3.05, 3.63) is 60.4 Å². The summed E-state index contributed by atoms with van der Waals surface area (Å²) in [6, 6.07) is 13.3. The van der Waals surface area contributed by atoms with Crippen LogP contribution in [0.1, 0.15) is 5.56 Å². The van der Waals surface area contributed by atoms with Crippen molar-refractivity contribution in [2.24, 2.45) is 5.73 Å². The van der Waals surface area contributed by atoms with Gasteiger partial charge in [-0.05, 0) is 29.8 Å². The maximum absolute atomic E-state index is 10.7. The summed E-state index contributed by atoms with van der Waals surface area (Å²) in [6.07, 6.45) is 3.38. The Kier molecular flexibility index (Phi) is 3.66. The first kappa shape index (κ1) is 16.2. The molecule has 28 heavy (non-hydrogen) atoms. The number of H-pyrrole nitrogens is 2. The van der Waals surface area contributed by atoms with Crippen LogP contribution < -0.4 is 5.73 Å². The number of aromatic hydroxyl groups is 1. The smallest absolute Gasteiger partial charge is 0.172 e. The van der Waals surface area contributed by atoms with Gasteiger partial charge in [0, 0.05) is 12.1 Å². The average Bonchev–Trinajstić information content (AvgIpc) is 3.47. The number of hydrogen-bond acceptors (Lipinski definition) is 6. The third-order valence-electron chi connectivity index (χ3n) is 4.59. The van der Waals surface area contributed by atoms with Crippen molar-refractivity contribution in [3.8, 4) is 34.2 Å². The lowest BCUT2D eigenvalue weighted by molar-refractivity contribution is 0.479. The van der Waals surface area contributed by atoms with Gasteiger partial charge in [0.05, 0.1) is 29.1 Å². The molecular weight excluding hydrogens is 356 g/mol. The number of fused-ring (bicyclic) bond motifs is 1. The summed E-state index contributed by atoms with van der Waals surface area (Å²) in [5, 5.41) is 25.6. The molecule has 9 nitrogen and oxygen atoms in total. The Morgan fingerprint density at radius 1 is 1.11 bits per heavy atom. The molecule has 0 bridgehead atoms. The number of aromatic nitrogens is 7. The summed E-state index contributed by atoms with van der Waals surface area (Å²) >= 11 is 0. The lowest BCUT2D eigenvalue weighted by atomic mass is 10.1. The highest BCUT2D eigenvalue weighted by Gasteiger charge is 2.18. The van der Waals surface area contributed by atoms with Crippen LogP contribution in [0.15, 0.2) is 54.9 Å². The van der Waals surface area contributed by atoms with Crippen LogP contribution in [0.3, 0.4) is 0 Å². The first-order valence-electron chi connectivity index (χ1n) is 8.66. The fourth-order valence-corrected chi connectivity index (χ4v) is 3.12. The fraction of sp³-hybridized carbons (Fsp3) is 0.0526. The molecule has 0 radical (unpaired) electrons. The van der Waals surface area contributed by atoms with E-state index < -0.39 is 0 Å². The molecule has 5 aromatic rings. The van der Waals surface area contributed by atoms with Gasteiger partial charge in [-0.15, -0.1) is 5.10 Å². The topological polar surface area (TPSA) is 134 Å². The molecule has 0 aliphatic heterocycles. The number of nitrogens with zero attached hydrogens (tertiary/aromatic N) is 5. The van der Waals surface area contributed by atoms with Crippen LogP contribution in [0.5, 0.6) is 5.75 Å². The molecule has 0 amide bonds. The molecule has 5 rings (SSSR count). The van der Waals surface area contributed by atoms with Crippen LogP contribution >= 0.6 is 0 Å². The van der Waals surface area contributed by atoms with Gasteiger partial charge in [0.15, 0.2) is 11.6 Å². The maximum Gasteiger partial charge on any atom is 0.172 e. The van der Waals surface area contributed by atoms with Crippen molar-refractivity contribution in [3.63, 3.8) is 0 Å². The predicted molar refractivity (Wildman–Crippen MR) is 104 cm³/mol. The maximum atomic E-state index is 10.7. The van der Waals surface area contributed by atoms with Crippen LogP contribution in [0, 0.1) is 0 Å². The van der Waals surface area contributed by atoms with E-state index in [4.69, 9.17) is 5.73 Å². The van der Waals surface area contributed by atoms with E-state index in [0.29, 0.717) is 23.8 Å². The molecule has 3 aromatic heterocycles. The molecule has 0 fully saturated rings. The van der Waals surface area contributed by atoms with Gasteiger partial charge in [-0.3, -0.25) is 5.10 Å². The monoisotopic (exact) mass is 372 g/mol. The molecule has 0 aliphatic rings. The zero-order valence-electron chi connectivity index (χ0n) is 14.7. The number of benzene rings is 2. The number of nitrogens with one attached hydrogen (secondary N) is 2. The fourth-order valence-electron chi connectivity index (χ4n) is 3.12. The largest absolute Gasteiger partial charge is 0.504 e. The van der Waals surface area contributed by atoms with Gasteiger partial charge < -0.3 is 15.8 Å². The molecular formula is C19H16N8O. The summed E-state index contributed by atoms with van der Waals surface area (Å²) in [7, 11) is 0. The molecule has 5 N–H and O–H groups in total. The Labute approximate surface area is 158 Å². The quantitative estimate of drug-likeness (QED) is 0.383. The minimum atomic E-state index is 0.0339. The van der Waals surface area contributed by atoms with Crippen LogP contribution in [-0.4, -0.2) is 40.3 Å². The van der Waals surface area contributed by atoms with Crippen LogP contribution in [0.2, 0.25) is 0 Å². The van der Waals surface area contributed by atoms with Crippen molar-refractivity contribution >= 4 is 11.0 Å².